The van der Waals surface area contributed by atoms with Gasteiger partial charge < -0.3 is 15.0 Å². The molecule has 3 aromatic carbocycles. The maximum absolute atomic E-state index is 14.6. The third kappa shape index (κ3) is 10.3. The predicted molar refractivity (Wildman–Crippen MR) is 231 cm³/mol. The fraction of sp³-hybridized carbons (Fsp3) is 0.293. The normalized spacial score (nSPS) is 15.3. The fourth-order valence-electron chi connectivity index (χ4n) is 7.04. The second-order valence-electron chi connectivity index (χ2n) is 14.3. The molecule has 20 heteroatoms. The monoisotopic (exact) mass is 908 g/mol. The van der Waals surface area contributed by atoms with Gasteiger partial charge in [-0.15, -0.1) is 23.1 Å². The van der Waals surface area contributed by atoms with Crippen molar-refractivity contribution in [1.29, 1.82) is 0 Å². The van der Waals surface area contributed by atoms with Gasteiger partial charge in [0.1, 0.15) is 16.0 Å². The molecule has 6 aromatic rings. The number of nitrogens with zero attached hydrogens (tertiary/aromatic N) is 5. The van der Waals surface area contributed by atoms with Gasteiger partial charge >= 0.3 is 6.18 Å². The number of pyridine rings is 1. The Morgan fingerprint density at radius 3 is 2.56 bits per heavy atom. The number of sulfonamides is 1. The average molecular weight is 909 g/mol. The molecule has 61 heavy (non-hydrogen) atoms. The minimum atomic E-state index is -4.91. The molecule has 3 aromatic heterocycles. The number of benzene rings is 3. The Balaban J connectivity index is 0.947. The molecule has 8 rings (SSSR count). The number of hydrogen-bond donors (Lipinski definition) is 3. The number of thioether (sulfide) groups is 1. The smallest absolute Gasteiger partial charge is 0.381 e. The van der Waals surface area contributed by atoms with Crippen molar-refractivity contribution in [2.45, 2.75) is 41.4 Å². The van der Waals surface area contributed by atoms with Crippen molar-refractivity contribution >= 4 is 82.6 Å². The van der Waals surface area contributed by atoms with E-state index >= 15 is 0 Å². The molecule has 0 radical (unpaired) electrons. The lowest BCUT2D eigenvalue weighted by Crippen LogP contribution is -2.39. The Morgan fingerprint density at radius 1 is 0.951 bits per heavy atom. The number of carbonyl (C=O) groups is 2. The SMILES string of the molecule is O=C(NS(=O)(=O)c1ccc(N[C@H](CCN2CCOCC2)CSc2ccccc2)c(C(F)(F)F)c1)c1csc(N2CCc3cccc(C(=O)Nc4nc5cccnc5s4)c3C2)n1. The molecule has 318 valence electrons. The summed E-state index contributed by atoms with van der Waals surface area (Å²) in [5.41, 5.74) is 1.21. The first-order valence-corrected chi connectivity index (χ1v) is 23.4. The minimum absolute atomic E-state index is 0.224. The van der Waals surface area contributed by atoms with Gasteiger partial charge in [0.2, 0.25) is 0 Å². The van der Waals surface area contributed by atoms with E-state index in [-0.39, 0.29) is 23.8 Å². The summed E-state index contributed by atoms with van der Waals surface area (Å²) in [5.74, 6) is -0.978. The number of nitrogens with one attached hydrogen (secondary N) is 3. The Hall–Kier alpha value is -5.12. The third-order valence-electron chi connectivity index (χ3n) is 10.2. The molecule has 1 saturated heterocycles. The van der Waals surface area contributed by atoms with Crippen molar-refractivity contribution in [3.05, 3.63) is 118 Å². The Bertz CT molecular complexity index is 2610. The first-order valence-electron chi connectivity index (χ1n) is 19.3. The number of anilines is 3. The van der Waals surface area contributed by atoms with Crippen LogP contribution in [0.25, 0.3) is 10.3 Å². The van der Waals surface area contributed by atoms with Crippen LogP contribution in [0.3, 0.4) is 0 Å². The van der Waals surface area contributed by atoms with E-state index in [4.69, 9.17) is 4.74 Å². The fourth-order valence-corrected chi connectivity index (χ4v) is 10.7. The molecule has 2 aliphatic rings. The zero-order chi connectivity index (χ0) is 42.6. The van der Waals surface area contributed by atoms with Crippen LogP contribution in [0, 0.1) is 0 Å². The molecule has 0 saturated carbocycles. The second kappa shape index (κ2) is 18.5. The highest BCUT2D eigenvalue weighted by Crippen LogP contribution is 2.38. The summed E-state index contributed by atoms with van der Waals surface area (Å²) in [4.78, 5) is 44.9. The lowest BCUT2D eigenvalue weighted by Gasteiger charge is -2.29. The van der Waals surface area contributed by atoms with Gasteiger partial charge in [-0.3, -0.25) is 19.8 Å². The highest BCUT2D eigenvalue weighted by molar-refractivity contribution is 7.99. The van der Waals surface area contributed by atoms with Gasteiger partial charge in [0.05, 0.1) is 23.7 Å². The zero-order valence-corrected chi connectivity index (χ0v) is 35.6. The van der Waals surface area contributed by atoms with Crippen LogP contribution >= 0.6 is 34.4 Å². The topological polar surface area (TPSA) is 159 Å². The summed E-state index contributed by atoms with van der Waals surface area (Å²) in [6.45, 7) is 4.07. The lowest BCUT2D eigenvalue weighted by molar-refractivity contribution is -0.137. The summed E-state index contributed by atoms with van der Waals surface area (Å²) >= 11 is 3.88. The van der Waals surface area contributed by atoms with Crippen molar-refractivity contribution in [3.8, 4) is 0 Å². The lowest BCUT2D eigenvalue weighted by atomic mass is 9.94. The Kier molecular flexibility index (Phi) is 12.9. The Morgan fingerprint density at radius 2 is 1.77 bits per heavy atom. The van der Waals surface area contributed by atoms with Crippen LogP contribution in [-0.4, -0.2) is 91.3 Å². The van der Waals surface area contributed by atoms with Crippen LogP contribution in [0.5, 0.6) is 0 Å². The van der Waals surface area contributed by atoms with E-state index in [1.807, 2.05) is 58.2 Å². The van der Waals surface area contributed by atoms with Crippen LogP contribution in [0.15, 0.2) is 100 Å². The number of rotatable bonds is 14. The van der Waals surface area contributed by atoms with Gasteiger partial charge in [-0.25, -0.2) is 28.1 Å². The van der Waals surface area contributed by atoms with Crippen molar-refractivity contribution in [3.63, 3.8) is 0 Å². The van der Waals surface area contributed by atoms with Crippen LogP contribution in [-0.2, 0) is 33.9 Å². The summed E-state index contributed by atoms with van der Waals surface area (Å²) in [6, 6.07) is 20.9. The summed E-state index contributed by atoms with van der Waals surface area (Å²) in [7, 11) is -4.76. The molecule has 2 amide bonds. The molecular formula is C41H39F3N8O5S4. The molecule has 0 spiro atoms. The van der Waals surface area contributed by atoms with E-state index < -0.39 is 38.6 Å². The maximum Gasteiger partial charge on any atom is 0.418 e. The van der Waals surface area contributed by atoms with E-state index in [9.17, 15) is 31.2 Å². The van der Waals surface area contributed by atoms with Crippen molar-refractivity contribution < 1.29 is 35.9 Å². The molecule has 1 fully saturated rings. The van der Waals surface area contributed by atoms with Gasteiger partial charge in [0.25, 0.3) is 21.8 Å². The quantitative estimate of drug-likeness (QED) is 0.0933. The number of hydrogen-bond acceptors (Lipinski definition) is 14. The van der Waals surface area contributed by atoms with Crippen LogP contribution < -0.4 is 20.3 Å². The van der Waals surface area contributed by atoms with Gasteiger partial charge in [0.15, 0.2) is 10.3 Å². The summed E-state index contributed by atoms with van der Waals surface area (Å²) < 4.78 is 78.1. The number of amides is 2. The third-order valence-corrected chi connectivity index (χ3v) is 14.5. The van der Waals surface area contributed by atoms with E-state index in [0.717, 1.165) is 52.6 Å². The number of carbonyl (C=O) groups excluding carboxylic acids is 2. The van der Waals surface area contributed by atoms with Crippen molar-refractivity contribution in [2.75, 3.05) is 60.7 Å². The molecule has 0 aliphatic carbocycles. The van der Waals surface area contributed by atoms with E-state index in [1.165, 1.54) is 28.5 Å². The zero-order valence-electron chi connectivity index (χ0n) is 32.4. The molecule has 1 atom stereocenters. The highest BCUT2D eigenvalue weighted by Gasteiger charge is 2.36. The number of thiazole rings is 2. The first kappa shape index (κ1) is 42.6. The molecule has 13 nitrogen and oxygen atoms in total. The molecule has 0 bridgehead atoms. The molecule has 3 N–H and O–H groups in total. The predicted octanol–water partition coefficient (Wildman–Crippen LogP) is 7.40. The summed E-state index contributed by atoms with van der Waals surface area (Å²) in [6.07, 6.45) is -2.15. The standard InChI is InChI=1S/C41H39F3N8O5S4/c42-41(43,44)32-22-29(11-12-33(32)46-27(14-16-51-18-20-57-21-19-51)24-58-28-7-2-1-3-8-28)61(55,56)50-37(54)35-25-59-40(48-35)52-17-13-26-6-4-9-30(31(26)23-52)36(53)49-39-47-34-10-5-15-45-38(34)60-39/h1-12,15,22,25,27,46H,13-14,16-21,23-24H2,(H,50,54)(H,47,49,53)/t27-/m1/s1. The number of aromatic nitrogens is 3. The van der Waals surface area contributed by atoms with E-state index in [0.29, 0.717) is 77.1 Å². The second-order valence-corrected chi connectivity index (χ2v) is 18.9. The number of alkyl halides is 3. The van der Waals surface area contributed by atoms with Crippen molar-refractivity contribution in [2.24, 2.45) is 0 Å². The number of morpholine rings is 1. The Labute approximate surface area is 361 Å². The van der Waals surface area contributed by atoms with Gasteiger partial charge in [0, 0.05) is 72.2 Å². The van der Waals surface area contributed by atoms with E-state index in [1.54, 1.807) is 18.3 Å². The van der Waals surface area contributed by atoms with Gasteiger partial charge in [-0.2, -0.15) is 13.2 Å². The minimum Gasteiger partial charge on any atom is -0.381 e. The van der Waals surface area contributed by atoms with Crippen LogP contribution in [0.2, 0.25) is 0 Å². The number of ether oxygens (including phenoxy) is 1. The van der Waals surface area contributed by atoms with Crippen LogP contribution in [0.4, 0.5) is 29.1 Å². The largest absolute Gasteiger partial charge is 0.418 e. The van der Waals surface area contributed by atoms with Gasteiger partial charge in [-0.1, -0.05) is 41.7 Å². The molecule has 2 aliphatic heterocycles. The maximum atomic E-state index is 14.6. The number of halogens is 3. The van der Waals surface area contributed by atoms with E-state index in [2.05, 4.69) is 30.5 Å². The molecule has 5 heterocycles. The molecule has 0 unspecified atom stereocenters. The summed E-state index contributed by atoms with van der Waals surface area (Å²) in [5, 5.41) is 8.13. The van der Waals surface area contributed by atoms with Crippen molar-refractivity contribution in [1.82, 2.24) is 24.6 Å². The first-order chi connectivity index (χ1) is 29.4. The molecular weight excluding hydrogens is 870 g/mol. The van der Waals surface area contributed by atoms with Crippen LogP contribution in [0.1, 0.15) is 44.0 Å². The number of fused-ring (bicyclic) bond motifs is 2. The highest BCUT2D eigenvalue weighted by atomic mass is 32.2. The average Bonchev–Trinajstić information content (AvgIpc) is 3.92. The van der Waals surface area contributed by atoms with Gasteiger partial charge in [-0.05, 0) is 72.5 Å².